The van der Waals surface area contributed by atoms with E-state index in [0.29, 0.717) is 5.56 Å². The third-order valence-corrected chi connectivity index (χ3v) is 3.44. The van der Waals surface area contributed by atoms with Crippen LogP contribution >= 0.6 is 0 Å². The number of hydrogen-bond donors (Lipinski definition) is 2. The average molecular weight is 255 g/mol. The fourth-order valence-corrected chi connectivity index (χ4v) is 1.91. The highest BCUT2D eigenvalue weighted by atomic mass is 16.1. The summed E-state index contributed by atoms with van der Waals surface area (Å²) < 4.78 is 0. The van der Waals surface area contributed by atoms with Gasteiger partial charge in [-0.1, -0.05) is 12.1 Å². The van der Waals surface area contributed by atoms with E-state index in [1.165, 1.54) is 5.57 Å². The maximum atomic E-state index is 12.0. The van der Waals surface area contributed by atoms with E-state index < -0.39 is 0 Å². The standard InChI is InChI=1S/C15H17N3O/c1-10(14-8-17-9-14)15(19)18-11(2)13-5-3-12(7-16)4-6-13/h3-6,11,17H,8-9H2,1-2H3,(H,18,19). The van der Waals surface area contributed by atoms with Gasteiger partial charge in [-0.2, -0.15) is 5.26 Å². The molecule has 1 fully saturated rings. The third-order valence-electron chi connectivity index (χ3n) is 3.44. The lowest BCUT2D eigenvalue weighted by Crippen LogP contribution is -2.38. The Kier molecular flexibility index (Phi) is 3.98. The Bertz CT molecular complexity index is 546. The minimum absolute atomic E-state index is 0.0200. The van der Waals surface area contributed by atoms with Gasteiger partial charge in [-0.3, -0.25) is 4.79 Å². The highest BCUT2D eigenvalue weighted by Gasteiger charge is 2.17. The van der Waals surface area contributed by atoms with Gasteiger partial charge in [-0.25, -0.2) is 0 Å². The van der Waals surface area contributed by atoms with E-state index >= 15 is 0 Å². The van der Waals surface area contributed by atoms with Crippen LogP contribution in [0.3, 0.4) is 0 Å². The summed E-state index contributed by atoms with van der Waals surface area (Å²) in [4.78, 5) is 12.0. The summed E-state index contributed by atoms with van der Waals surface area (Å²) in [6, 6.07) is 9.28. The Morgan fingerprint density at radius 2 is 2.00 bits per heavy atom. The number of nitrogens with zero attached hydrogens (tertiary/aromatic N) is 1. The second kappa shape index (κ2) is 5.68. The molecule has 1 aromatic carbocycles. The quantitative estimate of drug-likeness (QED) is 0.807. The van der Waals surface area contributed by atoms with Crippen molar-refractivity contribution in [2.24, 2.45) is 0 Å². The van der Waals surface area contributed by atoms with E-state index in [1.54, 1.807) is 12.1 Å². The fraction of sp³-hybridized carbons (Fsp3) is 0.333. The second-order valence-electron chi connectivity index (χ2n) is 4.76. The number of rotatable bonds is 3. The van der Waals surface area contributed by atoms with Crippen LogP contribution in [0.25, 0.3) is 0 Å². The Morgan fingerprint density at radius 3 is 2.47 bits per heavy atom. The van der Waals surface area contributed by atoms with Gasteiger partial charge >= 0.3 is 0 Å². The van der Waals surface area contributed by atoms with Crippen molar-refractivity contribution in [2.75, 3.05) is 13.1 Å². The van der Waals surface area contributed by atoms with Crippen molar-refractivity contribution in [2.45, 2.75) is 19.9 Å². The molecule has 4 nitrogen and oxygen atoms in total. The zero-order valence-corrected chi connectivity index (χ0v) is 11.2. The van der Waals surface area contributed by atoms with Crippen molar-refractivity contribution in [3.63, 3.8) is 0 Å². The topological polar surface area (TPSA) is 64.9 Å². The average Bonchev–Trinajstić information content (AvgIpc) is 2.36. The summed E-state index contributed by atoms with van der Waals surface area (Å²) in [6.07, 6.45) is 0. The van der Waals surface area contributed by atoms with Crippen LogP contribution in [0, 0.1) is 11.3 Å². The SMILES string of the molecule is CC(C(=O)NC(C)c1ccc(C#N)cc1)=C1CNC1. The molecule has 2 N–H and O–H groups in total. The van der Waals surface area contributed by atoms with Crippen molar-refractivity contribution in [1.82, 2.24) is 10.6 Å². The molecule has 0 saturated carbocycles. The zero-order chi connectivity index (χ0) is 13.8. The number of amides is 1. The summed E-state index contributed by atoms with van der Waals surface area (Å²) >= 11 is 0. The van der Waals surface area contributed by atoms with Gasteiger partial charge in [0.15, 0.2) is 0 Å². The lowest BCUT2D eigenvalue weighted by molar-refractivity contribution is -0.118. The molecule has 1 unspecified atom stereocenters. The molecule has 2 rings (SSSR count). The fourth-order valence-electron chi connectivity index (χ4n) is 1.91. The van der Waals surface area contributed by atoms with Gasteiger partial charge in [0.05, 0.1) is 17.7 Å². The highest BCUT2D eigenvalue weighted by molar-refractivity contribution is 5.94. The van der Waals surface area contributed by atoms with E-state index in [9.17, 15) is 4.79 Å². The van der Waals surface area contributed by atoms with E-state index in [4.69, 9.17) is 5.26 Å². The van der Waals surface area contributed by atoms with Gasteiger partial charge in [0.1, 0.15) is 0 Å². The molecule has 1 aliphatic rings. The predicted octanol–water partition coefficient (Wildman–Crippen LogP) is 1.66. The number of nitrogens with one attached hydrogen (secondary N) is 2. The minimum Gasteiger partial charge on any atom is -0.346 e. The summed E-state index contributed by atoms with van der Waals surface area (Å²) in [5.41, 5.74) is 3.60. The lowest BCUT2D eigenvalue weighted by atomic mass is 10.0. The molecule has 0 bridgehead atoms. The third kappa shape index (κ3) is 3.01. The molecule has 1 saturated heterocycles. The minimum atomic E-state index is -0.0659. The van der Waals surface area contributed by atoms with Crippen molar-refractivity contribution >= 4 is 5.91 Å². The molecule has 1 amide bonds. The highest BCUT2D eigenvalue weighted by Crippen LogP contribution is 2.15. The van der Waals surface area contributed by atoms with Crippen LogP contribution in [0.1, 0.15) is 31.0 Å². The van der Waals surface area contributed by atoms with Crippen molar-refractivity contribution in [1.29, 1.82) is 5.26 Å². The second-order valence-corrected chi connectivity index (χ2v) is 4.76. The monoisotopic (exact) mass is 255 g/mol. The van der Waals surface area contributed by atoms with Crippen LogP contribution in [0.15, 0.2) is 35.4 Å². The molecule has 0 radical (unpaired) electrons. The molecule has 0 aliphatic carbocycles. The lowest BCUT2D eigenvalue weighted by Gasteiger charge is -2.22. The molecule has 4 heteroatoms. The summed E-state index contributed by atoms with van der Waals surface area (Å²) in [7, 11) is 0. The van der Waals surface area contributed by atoms with E-state index in [-0.39, 0.29) is 11.9 Å². The molecule has 19 heavy (non-hydrogen) atoms. The van der Waals surface area contributed by atoms with E-state index in [0.717, 1.165) is 24.2 Å². The largest absolute Gasteiger partial charge is 0.346 e. The van der Waals surface area contributed by atoms with E-state index in [1.807, 2.05) is 26.0 Å². The first kappa shape index (κ1) is 13.3. The first-order valence-corrected chi connectivity index (χ1v) is 6.32. The number of hydrogen-bond acceptors (Lipinski definition) is 3. The van der Waals surface area contributed by atoms with Crippen LogP contribution in [-0.4, -0.2) is 19.0 Å². The van der Waals surface area contributed by atoms with Crippen molar-refractivity contribution < 1.29 is 4.79 Å². The van der Waals surface area contributed by atoms with Gasteiger partial charge in [-0.15, -0.1) is 0 Å². The first-order chi connectivity index (χ1) is 9.11. The van der Waals surface area contributed by atoms with Gasteiger partial charge < -0.3 is 10.6 Å². The molecule has 98 valence electrons. The normalized spacial score (nSPS) is 15.1. The number of benzene rings is 1. The molecule has 1 heterocycles. The van der Waals surface area contributed by atoms with E-state index in [2.05, 4.69) is 16.7 Å². The zero-order valence-electron chi connectivity index (χ0n) is 11.2. The van der Waals surface area contributed by atoms with Gasteiger partial charge in [0.25, 0.3) is 0 Å². The molecule has 1 atom stereocenters. The molecule has 1 aromatic rings. The Hall–Kier alpha value is -2.12. The number of carbonyl (C=O) groups is 1. The summed E-state index contributed by atoms with van der Waals surface area (Å²) in [6.45, 7) is 5.42. The maximum absolute atomic E-state index is 12.0. The maximum Gasteiger partial charge on any atom is 0.247 e. The van der Waals surface area contributed by atoms with Crippen LogP contribution in [-0.2, 0) is 4.79 Å². The Morgan fingerprint density at radius 1 is 1.37 bits per heavy atom. The molecular weight excluding hydrogens is 238 g/mol. The van der Waals surface area contributed by atoms with Gasteiger partial charge in [0, 0.05) is 18.7 Å². The molecule has 0 aromatic heterocycles. The van der Waals surface area contributed by atoms with Crippen LogP contribution in [0.5, 0.6) is 0 Å². The molecule has 0 spiro atoms. The molecular formula is C15H17N3O. The first-order valence-electron chi connectivity index (χ1n) is 6.32. The number of carbonyl (C=O) groups excluding carboxylic acids is 1. The van der Waals surface area contributed by atoms with Crippen LogP contribution in [0.2, 0.25) is 0 Å². The Labute approximate surface area is 113 Å². The summed E-state index contributed by atoms with van der Waals surface area (Å²) in [5, 5.41) is 14.8. The van der Waals surface area contributed by atoms with Crippen molar-refractivity contribution in [3.8, 4) is 6.07 Å². The summed E-state index contributed by atoms with van der Waals surface area (Å²) in [5.74, 6) is -0.0200. The molecule has 1 aliphatic heterocycles. The van der Waals surface area contributed by atoms with Crippen LogP contribution in [0.4, 0.5) is 0 Å². The van der Waals surface area contributed by atoms with Crippen LogP contribution < -0.4 is 10.6 Å². The van der Waals surface area contributed by atoms with Gasteiger partial charge in [-0.05, 0) is 37.1 Å². The van der Waals surface area contributed by atoms with Gasteiger partial charge in [0.2, 0.25) is 5.91 Å². The smallest absolute Gasteiger partial charge is 0.247 e. The Balaban J connectivity index is 2.02. The van der Waals surface area contributed by atoms with Crippen molar-refractivity contribution in [3.05, 3.63) is 46.5 Å². The predicted molar refractivity (Wildman–Crippen MR) is 73.3 cm³/mol. The number of nitriles is 1.